The topological polar surface area (TPSA) is 12.9 Å². The van der Waals surface area contributed by atoms with Gasteiger partial charge in [0.05, 0.1) is 0 Å². The average Bonchev–Trinajstić information content (AvgIpc) is 2.53. The Hall–Kier alpha value is -0.570. The summed E-state index contributed by atoms with van der Waals surface area (Å²) in [5.74, 6) is 0. The lowest BCUT2D eigenvalue weighted by Gasteiger charge is -1.98. The van der Waals surface area contributed by atoms with E-state index in [1.807, 2.05) is 12.1 Å². The van der Waals surface area contributed by atoms with Crippen molar-refractivity contribution in [2.24, 2.45) is 0 Å². The molecule has 4 heteroatoms. The van der Waals surface area contributed by atoms with Crippen LogP contribution in [0.5, 0.6) is 0 Å². The minimum absolute atomic E-state index is 0.623. The Kier molecular flexibility index (Phi) is 2.54. The highest BCUT2D eigenvalue weighted by Crippen LogP contribution is 2.27. The smallest absolute Gasteiger partial charge is 0.124 e. The summed E-state index contributed by atoms with van der Waals surface area (Å²) in [6.07, 6.45) is 2.75. The van der Waals surface area contributed by atoms with Crippen LogP contribution in [0.25, 0.3) is 10.6 Å². The molecule has 1 nitrogen and oxygen atoms in total. The monoisotopic (exact) mass is 228 g/mol. The first kappa shape index (κ1) is 9.00. The van der Waals surface area contributed by atoms with E-state index in [4.69, 9.17) is 23.2 Å². The van der Waals surface area contributed by atoms with Gasteiger partial charge in [0, 0.05) is 21.0 Å². The first-order valence-corrected chi connectivity index (χ1v) is 5.17. The van der Waals surface area contributed by atoms with E-state index in [1.54, 1.807) is 11.4 Å². The molecule has 0 saturated heterocycles. The van der Waals surface area contributed by atoms with Gasteiger partial charge in [0.1, 0.15) is 11.2 Å². The van der Waals surface area contributed by atoms with Crippen LogP contribution in [-0.2, 0) is 0 Å². The molecule has 0 amide bonds. The molecule has 0 saturated carbocycles. The number of rotatable bonds is 1. The van der Waals surface area contributed by atoms with Crippen LogP contribution in [0.3, 0.4) is 0 Å². The highest BCUT2D eigenvalue weighted by atomic mass is 35.5. The molecule has 0 aliphatic carbocycles. The SMILES string of the molecule is Clc1cc(Cl)cc(-c2n[c]cs2)c1. The number of halogens is 2. The highest BCUT2D eigenvalue weighted by molar-refractivity contribution is 7.13. The number of nitrogens with zero attached hydrogens (tertiary/aromatic N) is 1. The van der Waals surface area contributed by atoms with Gasteiger partial charge in [0.15, 0.2) is 0 Å². The molecular formula is C9H4Cl2NS. The number of aromatic nitrogens is 1. The van der Waals surface area contributed by atoms with Gasteiger partial charge in [-0.3, -0.25) is 0 Å². The molecule has 1 aromatic heterocycles. The molecule has 1 radical (unpaired) electrons. The van der Waals surface area contributed by atoms with Gasteiger partial charge in [-0.1, -0.05) is 23.2 Å². The molecule has 0 unspecified atom stereocenters. The predicted molar refractivity (Wildman–Crippen MR) is 56.4 cm³/mol. The first-order chi connectivity index (χ1) is 6.25. The normalized spacial score (nSPS) is 10.3. The fourth-order valence-corrected chi connectivity index (χ4v) is 2.11. The minimum Gasteiger partial charge on any atom is -0.234 e. The highest BCUT2D eigenvalue weighted by Gasteiger charge is 2.02. The largest absolute Gasteiger partial charge is 0.234 e. The van der Waals surface area contributed by atoms with Crippen LogP contribution in [0.2, 0.25) is 10.0 Å². The van der Waals surface area contributed by atoms with Crippen molar-refractivity contribution in [3.63, 3.8) is 0 Å². The summed E-state index contributed by atoms with van der Waals surface area (Å²) in [7, 11) is 0. The molecule has 0 atom stereocenters. The van der Waals surface area contributed by atoms with E-state index < -0.39 is 0 Å². The molecule has 0 spiro atoms. The summed E-state index contributed by atoms with van der Waals surface area (Å²) in [4.78, 5) is 4.04. The molecule has 0 bridgehead atoms. The fraction of sp³-hybridized carbons (Fsp3) is 0. The molecule has 0 aliphatic heterocycles. The molecule has 1 heterocycles. The zero-order valence-electron chi connectivity index (χ0n) is 6.42. The first-order valence-electron chi connectivity index (χ1n) is 3.54. The van der Waals surface area contributed by atoms with E-state index in [0.29, 0.717) is 10.0 Å². The second-order valence-corrected chi connectivity index (χ2v) is 4.17. The van der Waals surface area contributed by atoms with Gasteiger partial charge < -0.3 is 0 Å². The van der Waals surface area contributed by atoms with Crippen LogP contribution >= 0.6 is 34.5 Å². The Balaban J connectivity index is 2.53. The molecule has 2 aromatic rings. The maximum Gasteiger partial charge on any atom is 0.124 e. The van der Waals surface area contributed by atoms with Gasteiger partial charge in [0.2, 0.25) is 0 Å². The maximum atomic E-state index is 5.85. The zero-order chi connectivity index (χ0) is 9.26. The lowest BCUT2D eigenvalue weighted by molar-refractivity contribution is 1.40. The molecule has 0 aliphatic rings. The summed E-state index contributed by atoms with van der Waals surface area (Å²) in [6, 6.07) is 5.37. The van der Waals surface area contributed by atoms with Crippen LogP contribution in [0, 0.1) is 6.20 Å². The van der Waals surface area contributed by atoms with Gasteiger partial charge in [-0.25, -0.2) is 4.98 Å². The van der Waals surface area contributed by atoms with Gasteiger partial charge in [-0.15, -0.1) is 11.3 Å². The van der Waals surface area contributed by atoms with Crippen LogP contribution in [0.15, 0.2) is 23.6 Å². The second-order valence-electron chi connectivity index (χ2n) is 2.44. The van der Waals surface area contributed by atoms with Gasteiger partial charge >= 0.3 is 0 Å². The molecule has 2 rings (SSSR count). The summed E-state index contributed by atoms with van der Waals surface area (Å²) in [6.45, 7) is 0. The molecular weight excluding hydrogens is 225 g/mol. The van der Waals surface area contributed by atoms with Gasteiger partial charge in [-0.05, 0) is 18.2 Å². The van der Waals surface area contributed by atoms with E-state index in [-0.39, 0.29) is 0 Å². The van der Waals surface area contributed by atoms with Crippen molar-refractivity contribution in [2.45, 2.75) is 0 Å². The van der Waals surface area contributed by atoms with Crippen molar-refractivity contribution >= 4 is 34.5 Å². The molecule has 13 heavy (non-hydrogen) atoms. The summed E-state index contributed by atoms with van der Waals surface area (Å²) in [5, 5.41) is 3.92. The van der Waals surface area contributed by atoms with Crippen molar-refractivity contribution in [3.05, 3.63) is 39.8 Å². The third-order valence-corrected chi connectivity index (χ3v) is 2.71. The van der Waals surface area contributed by atoms with Crippen LogP contribution < -0.4 is 0 Å². The number of hydrogen-bond donors (Lipinski definition) is 0. The summed E-state index contributed by atoms with van der Waals surface area (Å²) >= 11 is 13.2. The predicted octanol–water partition coefficient (Wildman–Crippen LogP) is 3.92. The van der Waals surface area contributed by atoms with Gasteiger partial charge in [0.25, 0.3) is 0 Å². The summed E-state index contributed by atoms with van der Waals surface area (Å²) < 4.78 is 0. The Labute approximate surface area is 90.0 Å². The number of hydrogen-bond acceptors (Lipinski definition) is 2. The van der Waals surface area contributed by atoms with Crippen molar-refractivity contribution in [2.75, 3.05) is 0 Å². The average molecular weight is 229 g/mol. The Morgan fingerprint density at radius 3 is 2.38 bits per heavy atom. The molecule has 65 valence electrons. The second kappa shape index (κ2) is 3.66. The Morgan fingerprint density at radius 1 is 1.15 bits per heavy atom. The Morgan fingerprint density at radius 2 is 1.85 bits per heavy atom. The van der Waals surface area contributed by atoms with Crippen LogP contribution in [0.4, 0.5) is 0 Å². The van der Waals surface area contributed by atoms with Crippen LogP contribution in [-0.4, -0.2) is 4.98 Å². The third kappa shape index (κ3) is 2.02. The molecule has 0 fully saturated rings. The summed E-state index contributed by atoms with van der Waals surface area (Å²) in [5.41, 5.74) is 0.934. The van der Waals surface area contributed by atoms with Crippen molar-refractivity contribution in [1.29, 1.82) is 0 Å². The minimum atomic E-state index is 0.623. The van der Waals surface area contributed by atoms with Crippen LogP contribution in [0.1, 0.15) is 0 Å². The zero-order valence-corrected chi connectivity index (χ0v) is 8.75. The Bertz CT molecular complexity index is 391. The molecule has 1 aromatic carbocycles. The lowest BCUT2D eigenvalue weighted by atomic mass is 10.2. The van der Waals surface area contributed by atoms with E-state index >= 15 is 0 Å². The number of thiazole rings is 1. The van der Waals surface area contributed by atoms with Crippen molar-refractivity contribution in [1.82, 2.24) is 4.98 Å². The van der Waals surface area contributed by atoms with E-state index in [0.717, 1.165) is 10.6 Å². The quantitative estimate of drug-likeness (QED) is 0.722. The number of benzene rings is 1. The van der Waals surface area contributed by atoms with E-state index in [2.05, 4.69) is 11.2 Å². The van der Waals surface area contributed by atoms with Crippen molar-refractivity contribution in [3.8, 4) is 10.6 Å². The standard InChI is InChI=1S/C9H4Cl2NS/c10-7-3-6(4-8(11)5-7)9-12-1-2-13-9/h2-5H. The third-order valence-electron chi connectivity index (χ3n) is 1.50. The van der Waals surface area contributed by atoms with Crippen molar-refractivity contribution < 1.29 is 0 Å². The maximum absolute atomic E-state index is 5.85. The molecule has 0 N–H and O–H groups in total. The fourth-order valence-electron chi connectivity index (χ4n) is 1.00. The lowest BCUT2D eigenvalue weighted by Crippen LogP contribution is -1.76. The van der Waals surface area contributed by atoms with Gasteiger partial charge in [-0.2, -0.15) is 0 Å². The van der Waals surface area contributed by atoms with E-state index in [1.165, 1.54) is 11.3 Å². The van der Waals surface area contributed by atoms with E-state index in [9.17, 15) is 0 Å².